The molecule has 0 spiro atoms. The molecule has 0 aliphatic carbocycles. The summed E-state index contributed by atoms with van der Waals surface area (Å²) in [6.45, 7) is 0.726. The number of amides is 5. The van der Waals surface area contributed by atoms with E-state index >= 15 is 0 Å². The zero-order chi connectivity index (χ0) is 32.1. The maximum Gasteiger partial charge on any atom is 0.426 e. The molecule has 13 nitrogen and oxygen atoms in total. The summed E-state index contributed by atoms with van der Waals surface area (Å²) in [6.07, 6.45) is -3.88. The Balaban J connectivity index is 0.000000353. The van der Waals surface area contributed by atoms with Gasteiger partial charge in [0.15, 0.2) is 0 Å². The summed E-state index contributed by atoms with van der Waals surface area (Å²) < 4.78 is 38.7. The summed E-state index contributed by atoms with van der Waals surface area (Å²) in [5.74, 6) is -4.00. The van der Waals surface area contributed by atoms with E-state index in [0.717, 1.165) is 9.80 Å². The highest BCUT2D eigenvalue weighted by Crippen LogP contribution is 2.32. The first kappa shape index (κ1) is 33.5. The third-order valence-corrected chi connectivity index (χ3v) is 7.20. The third-order valence-electron chi connectivity index (χ3n) is 6.46. The van der Waals surface area contributed by atoms with E-state index in [1.54, 1.807) is 18.2 Å². The summed E-state index contributed by atoms with van der Waals surface area (Å²) in [5, 5.41) is 12.8. The highest BCUT2D eigenvalue weighted by Gasteiger charge is 2.57. The van der Waals surface area contributed by atoms with Gasteiger partial charge in [0.25, 0.3) is 11.8 Å². The lowest BCUT2D eigenvalue weighted by molar-refractivity contribution is -0.250. The fourth-order valence-corrected chi connectivity index (χ4v) is 4.26. The highest BCUT2D eigenvalue weighted by molar-refractivity contribution is 6.42. The molecule has 2 aliphatic heterocycles. The Morgan fingerprint density at radius 2 is 1.58 bits per heavy atom. The van der Waals surface area contributed by atoms with Crippen LogP contribution in [-0.4, -0.2) is 117 Å². The second kappa shape index (κ2) is 13.5. The number of primary amides is 1. The van der Waals surface area contributed by atoms with Gasteiger partial charge < -0.3 is 30.9 Å². The molecule has 1 atom stereocenters. The molecule has 0 radical (unpaired) electrons. The largest absolute Gasteiger partial charge is 0.426 e. The van der Waals surface area contributed by atoms with Gasteiger partial charge in [-0.05, 0) is 25.1 Å². The molecule has 3 heterocycles. The van der Waals surface area contributed by atoms with Crippen molar-refractivity contribution in [3.63, 3.8) is 0 Å². The number of aromatic nitrogens is 2. The molecule has 2 fully saturated rings. The molecule has 1 aromatic carbocycles. The molecule has 0 bridgehead atoms. The number of rotatable bonds is 3. The monoisotopic (exact) mass is 647 g/mol. The zero-order valence-electron chi connectivity index (χ0n) is 22.5. The Bertz CT molecular complexity index is 1420. The number of nitrogens with one attached hydrogen (secondary N) is 1. The number of nitrogens with zero attached hydrogens (tertiary/aromatic N) is 5. The Kier molecular flexibility index (Phi) is 10.5. The van der Waals surface area contributed by atoms with Gasteiger partial charge in [0, 0.05) is 44.8 Å². The fraction of sp³-hybridized carbons (Fsp3) is 0.400. The van der Waals surface area contributed by atoms with Crippen LogP contribution in [0.2, 0.25) is 10.0 Å². The minimum Gasteiger partial charge on any atom is -0.373 e. The number of alkyl halides is 3. The lowest BCUT2D eigenvalue weighted by atomic mass is 10.0. The Morgan fingerprint density at radius 1 is 0.953 bits per heavy atom. The van der Waals surface area contributed by atoms with Crippen LogP contribution in [0.1, 0.15) is 17.4 Å². The molecule has 4 N–H and O–H groups in total. The normalized spacial score (nSPS) is 16.8. The average Bonchev–Trinajstić information content (AvgIpc) is 2.97. The van der Waals surface area contributed by atoms with Crippen molar-refractivity contribution >= 4 is 52.7 Å². The molecule has 0 saturated carbocycles. The van der Waals surface area contributed by atoms with Crippen LogP contribution in [0.5, 0.6) is 0 Å². The van der Waals surface area contributed by atoms with E-state index in [9.17, 15) is 42.3 Å². The molecule has 0 unspecified atom stereocenters. The van der Waals surface area contributed by atoms with Gasteiger partial charge in [0.2, 0.25) is 11.5 Å². The van der Waals surface area contributed by atoms with E-state index in [-0.39, 0.29) is 44.3 Å². The van der Waals surface area contributed by atoms with E-state index in [0.29, 0.717) is 41.3 Å². The maximum atomic E-state index is 12.9. The first-order chi connectivity index (χ1) is 20.0. The van der Waals surface area contributed by atoms with Crippen LogP contribution in [0, 0.1) is 0 Å². The topological polar surface area (TPSA) is 179 Å². The van der Waals surface area contributed by atoms with E-state index < -0.39 is 35.4 Å². The third kappa shape index (κ3) is 8.09. The van der Waals surface area contributed by atoms with Gasteiger partial charge in [-0.25, -0.2) is 9.97 Å². The minimum absolute atomic E-state index is 0.00931. The molecule has 1 aromatic heterocycles. The molecule has 2 aliphatic rings. The molecule has 5 amide bonds. The van der Waals surface area contributed by atoms with Crippen LogP contribution in [0.15, 0.2) is 30.6 Å². The Labute approximate surface area is 252 Å². The molecular formula is C25H26Cl2F3N7O6. The van der Waals surface area contributed by atoms with Crippen molar-refractivity contribution < 1.29 is 42.3 Å². The average molecular weight is 648 g/mol. The van der Waals surface area contributed by atoms with E-state index in [2.05, 4.69) is 15.3 Å². The number of piperazine rings is 2. The van der Waals surface area contributed by atoms with Crippen LogP contribution in [0.25, 0.3) is 11.3 Å². The number of halogens is 5. The second-order valence-corrected chi connectivity index (χ2v) is 10.3. The van der Waals surface area contributed by atoms with Gasteiger partial charge in [0.05, 0.1) is 15.7 Å². The van der Waals surface area contributed by atoms with E-state index in [1.165, 1.54) is 17.3 Å². The van der Waals surface area contributed by atoms with Crippen LogP contribution in [-0.2, 0) is 19.2 Å². The summed E-state index contributed by atoms with van der Waals surface area (Å²) in [4.78, 5) is 68.4. The summed E-state index contributed by atoms with van der Waals surface area (Å²) in [6, 6.07) is 6.34. The summed E-state index contributed by atoms with van der Waals surface area (Å²) in [7, 11) is 0. The molecule has 43 heavy (non-hydrogen) atoms. The first-order valence-electron chi connectivity index (χ1n) is 12.5. The van der Waals surface area contributed by atoms with Gasteiger partial charge in [-0.2, -0.15) is 13.2 Å². The SMILES string of the molecule is C[C@@](O)(C(=O)N1CCN(C(=O)c2cc(-c3ccc(Cl)c(Cl)c3)ncn2)CC1)C(F)(F)F.NC(=O)C(=O)N1CCNC(=O)C1. The summed E-state index contributed by atoms with van der Waals surface area (Å²) in [5.41, 5.74) is 2.40. The van der Waals surface area contributed by atoms with Gasteiger partial charge in [-0.15, -0.1) is 0 Å². The van der Waals surface area contributed by atoms with Crippen LogP contribution >= 0.6 is 23.2 Å². The van der Waals surface area contributed by atoms with Crippen molar-refractivity contribution in [3.8, 4) is 11.3 Å². The number of hydrogen-bond acceptors (Lipinski definition) is 8. The molecule has 4 rings (SSSR count). The number of benzene rings is 1. The predicted molar refractivity (Wildman–Crippen MR) is 145 cm³/mol. The van der Waals surface area contributed by atoms with E-state index in [4.69, 9.17) is 28.9 Å². The van der Waals surface area contributed by atoms with Crippen molar-refractivity contribution in [2.24, 2.45) is 5.73 Å². The standard InChI is InChI=1S/C19H17Cl2F3N4O3.C6H9N3O3/c1-18(31,19(22,23)24)17(30)28-6-4-27(5-7-28)16(29)15-9-14(25-10-26-15)11-2-3-12(20)13(21)8-11;7-5(11)6(12)9-2-1-8-4(10)3-9/h2-3,8-10,31H,4-7H2,1H3;1-3H2,(H2,7,11)(H,8,10)/t18-;/m1./s1. The number of aliphatic hydroxyl groups is 1. The van der Waals surface area contributed by atoms with E-state index in [1.807, 2.05) is 0 Å². The van der Waals surface area contributed by atoms with Gasteiger partial charge in [0.1, 0.15) is 18.6 Å². The van der Waals surface area contributed by atoms with Gasteiger partial charge >= 0.3 is 18.0 Å². The van der Waals surface area contributed by atoms with Crippen molar-refractivity contribution in [2.45, 2.75) is 18.7 Å². The smallest absolute Gasteiger partial charge is 0.373 e. The van der Waals surface area contributed by atoms with Gasteiger partial charge in [-0.3, -0.25) is 24.0 Å². The van der Waals surface area contributed by atoms with Crippen LogP contribution in [0.4, 0.5) is 13.2 Å². The van der Waals surface area contributed by atoms with Gasteiger partial charge in [-0.1, -0.05) is 29.3 Å². The predicted octanol–water partition coefficient (Wildman–Crippen LogP) is 0.478. The lowest BCUT2D eigenvalue weighted by Crippen LogP contribution is -2.60. The summed E-state index contributed by atoms with van der Waals surface area (Å²) >= 11 is 11.9. The first-order valence-corrected chi connectivity index (χ1v) is 13.3. The number of hydrogen-bond donors (Lipinski definition) is 3. The molecule has 232 valence electrons. The van der Waals surface area contributed by atoms with Crippen LogP contribution < -0.4 is 11.1 Å². The number of carbonyl (C=O) groups is 5. The van der Waals surface area contributed by atoms with Crippen molar-refractivity contribution in [3.05, 3.63) is 46.3 Å². The fourth-order valence-electron chi connectivity index (χ4n) is 3.96. The van der Waals surface area contributed by atoms with Crippen molar-refractivity contribution in [1.29, 1.82) is 0 Å². The van der Waals surface area contributed by atoms with Crippen LogP contribution in [0.3, 0.4) is 0 Å². The number of nitrogens with two attached hydrogens (primary N) is 1. The zero-order valence-corrected chi connectivity index (χ0v) is 24.0. The maximum absolute atomic E-state index is 12.9. The number of carbonyl (C=O) groups excluding carboxylic acids is 5. The quantitative estimate of drug-likeness (QED) is 0.402. The Hall–Kier alpha value is -4.02. The molecule has 18 heteroatoms. The highest BCUT2D eigenvalue weighted by atomic mass is 35.5. The lowest BCUT2D eigenvalue weighted by Gasteiger charge is -2.38. The minimum atomic E-state index is -5.10. The molecule has 2 saturated heterocycles. The Morgan fingerprint density at radius 3 is 2.14 bits per heavy atom. The van der Waals surface area contributed by atoms with Crippen molar-refractivity contribution in [2.75, 3.05) is 45.8 Å². The molecular weight excluding hydrogens is 622 g/mol. The van der Waals surface area contributed by atoms with Crippen molar-refractivity contribution in [1.82, 2.24) is 30.0 Å². The second-order valence-electron chi connectivity index (χ2n) is 9.51. The molecule has 2 aromatic rings.